The maximum absolute atomic E-state index is 13.8. The Morgan fingerprint density at radius 1 is 0.944 bits per heavy atom. The van der Waals surface area contributed by atoms with Crippen molar-refractivity contribution >= 4 is 22.7 Å². The summed E-state index contributed by atoms with van der Waals surface area (Å²) in [5, 5.41) is 13.3. The fourth-order valence-corrected chi connectivity index (χ4v) is 8.05. The van der Waals surface area contributed by atoms with Crippen LogP contribution >= 0.6 is 0 Å². The number of rotatable bonds is 5. The normalized spacial score (nSPS) is 32.9. The molecule has 2 aliphatic heterocycles. The number of oxime groups is 1. The van der Waals surface area contributed by atoms with Crippen LogP contribution in [-0.4, -0.2) is 56.5 Å². The Bertz CT molecular complexity index is 1210. The van der Waals surface area contributed by atoms with Crippen molar-refractivity contribution in [1.29, 1.82) is 0 Å². The molecule has 0 radical (unpaired) electrons. The highest BCUT2D eigenvalue weighted by atomic mass is 16.6. The molecule has 2 unspecified atom stereocenters. The van der Waals surface area contributed by atoms with Gasteiger partial charge in [0.2, 0.25) is 5.71 Å². The molecular weight excluding hydrogens is 456 g/mol. The van der Waals surface area contributed by atoms with Gasteiger partial charge in [0.15, 0.2) is 5.69 Å². The first-order valence-electron chi connectivity index (χ1n) is 13.7. The van der Waals surface area contributed by atoms with Crippen molar-refractivity contribution in [2.75, 3.05) is 7.11 Å². The number of piperidine rings is 1. The molecule has 8 nitrogen and oxygen atoms in total. The first kappa shape index (κ1) is 23.6. The van der Waals surface area contributed by atoms with Gasteiger partial charge < -0.3 is 14.5 Å². The van der Waals surface area contributed by atoms with E-state index in [1.54, 1.807) is 0 Å². The molecule has 1 aromatic carbocycles. The van der Waals surface area contributed by atoms with E-state index in [0.717, 1.165) is 30.2 Å². The van der Waals surface area contributed by atoms with E-state index in [9.17, 15) is 14.7 Å². The summed E-state index contributed by atoms with van der Waals surface area (Å²) in [7, 11) is 1.28. The summed E-state index contributed by atoms with van der Waals surface area (Å²) in [5.41, 5.74) is 0.355. The highest BCUT2D eigenvalue weighted by Crippen LogP contribution is 2.47. The average Bonchev–Trinajstić information content (AvgIpc) is 3.02. The third-order valence-corrected chi connectivity index (χ3v) is 9.31. The number of carboxylic acid groups (broad SMARTS) is 1. The Balaban J connectivity index is 1.34. The van der Waals surface area contributed by atoms with Crippen LogP contribution < -0.4 is 5.56 Å². The van der Waals surface area contributed by atoms with Gasteiger partial charge in [0.25, 0.3) is 5.56 Å². The molecule has 2 aromatic rings. The minimum atomic E-state index is -1.32. The van der Waals surface area contributed by atoms with E-state index in [1.165, 1.54) is 64.9 Å². The van der Waals surface area contributed by atoms with E-state index in [0.29, 0.717) is 23.6 Å². The number of nitrogens with zero attached hydrogens (tertiary/aromatic N) is 4. The molecule has 1 N–H and O–H groups in total. The van der Waals surface area contributed by atoms with Crippen LogP contribution in [0.5, 0.6) is 0 Å². The standard InChI is InChI=1S/C28H36N4O4/c1-36-30-26(28(34)35)25-27(33)32(24-9-5-4-8-23(24)29-25)22-15-19-10-11-20(16-22)31(19)21-13-17-6-2-3-7-18(12-17)14-21/h4-5,8-9,17-22H,2-3,6-7,10-16H2,1H3,(H,34,35)/b30-26-/t17-,18+,19-,20+,21?,22?. The number of benzene rings is 1. The van der Waals surface area contributed by atoms with Crippen molar-refractivity contribution in [2.24, 2.45) is 17.0 Å². The molecule has 4 fully saturated rings. The van der Waals surface area contributed by atoms with E-state index in [1.807, 2.05) is 28.8 Å². The molecule has 8 heteroatoms. The lowest BCUT2D eigenvalue weighted by atomic mass is 9.76. The summed E-state index contributed by atoms with van der Waals surface area (Å²) in [6.07, 6.45) is 13.9. The monoisotopic (exact) mass is 492 g/mol. The number of aliphatic carboxylic acids is 1. The van der Waals surface area contributed by atoms with Gasteiger partial charge in [0.05, 0.1) is 11.0 Å². The molecule has 2 saturated heterocycles. The zero-order valence-corrected chi connectivity index (χ0v) is 21.0. The zero-order valence-electron chi connectivity index (χ0n) is 21.0. The fraction of sp³-hybridized carbons (Fsp3) is 0.643. The molecule has 0 spiro atoms. The quantitative estimate of drug-likeness (QED) is 0.492. The fourth-order valence-electron chi connectivity index (χ4n) is 8.05. The van der Waals surface area contributed by atoms with Crippen molar-refractivity contribution in [3.8, 4) is 0 Å². The van der Waals surface area contributed by atoms with Crippen molar-refractivity contribution < 1.29 is 14.7 Å². The van der Waals surface area contributed by atoms with Crippen LogP contribution in [0.4, 0.5) is 0 Å². The predicted molar refractivity (Wildman–Crippen MR) is 137 cm³/mol. The summed E-state index contributed by atoms with van der Waals surface area (Å²) in [6.45, 7) is 0. The van der Waals surface area contributed by atoms with Gasteiger partial charge in [0, 0.05) is 24.2 Å². The van der Waals surface area contributed by atoms with Crippen molar-refractivity contribution in [1.82, 2.24) is 14.5 Å². The van der Waals surface area contributed by atoms with E-state index >= 15 is 0 Å². The number of fused-ring (bicyclic) bond motifs is 5. The molecule has 6 rings (SSSR count). The Morgan fingerprint density at radius 2 is 1.61 bits per heavy atom. The number of hydrogen-bond donors (Lipinski definition) is 1. The van der Waals surface area contributed by atoms with Crippen molar-refractivity contribution in [3.63, 3.8) is 0 Å². The molecule has 1 aromatic heterocycles. The van der Waals surface area contributed by atoms with Crippen LogP contribution in [0.25, 0.3) is 11.0 Å². The maximum atomic E-state index is 13.8. The van der Waals surface area contributed by atoms with Gasteiger partial charge in [-0.15, -0.1) is 0 Å². The second kappa shape index (κ2) is 9.61. The highest BCUT2D eigenvalue weighted by molar-refractivity contribution is 6.41. The van der Waals surface area contributed by atoms with Crippen LogP contribution in [0.3, 0.4) is 0 Å². The summed E-state index contributed by atoms with van der Waals surface area (Å²) in [5.74, 6) is 0.450. The zero-order chi connectivity index (χ0) is 24.8. The summed E-state index contributed by atoms with van der Waals surface area (Å²) >= 11 is 0. The van der Waals surface area contributed by atoms with Gasteiger partial charge >= 0.3 is 5.97 Å². The maximum Gasteiger partial charge on any atom is 0.360 e. The van der Waals surface area contributed by atoms with Crippen molar-refractivity contribution in [3.05, 3.63) is 40.3 Å². The first-order valence-corrected chi connectivity index (χ1v) is 13.7. The third kappa shape index (κ3) is 4.13. The molecular formula is C28H36N4O4. The van der Waals surface area contributed by atoms with Crippen LogP contribution in [0.15, 0.2) is 34.2 Å². The number of carboxylic acids is 1. The number of carbonyl (C=O) groups is 1. The van der Waals surface area contributed by atoms with Crippen LogP contribution in [0, 0.1) is 11.8 Å². The molecule has 4 bridgehead atoms. The van der Waals surface area contributed by atoms with Gasteiger partial charge in [-0.05, 0) is 68.9 Å². The van der Waals surface area contributed by atoms with Gasteiger partial charge in [-0.3, -0.25) is 9.69 Å². The summed E-state index contributed by atoms with van der Waals surface area (Å²) in [6, 6.07) is 9.17. The Morgan fingerprint density at radius 3 is 2.25 bits per heavy atom. The van der Waals surface area contributed by atoms with Crippen LogP contribution in [0.1, 0.15) is 82.4 Å². The van der Waals surface area contributed by atoms with Gasteiger partial charge in [-0.1, -0.05) is 43.0 Å². The molecule has 3 heterocycles. The number of hydrogen-bond acceptors (Lipinski definition) is 6. The second-order valence-corrected chi connectivity index (χ2v) is 11.4. The second-order valence-electron chi connectivity index (χ2n) is 11.4. The molecule has 2 aliphatic carbocycles. The Kier molecular flexibility index (Phi) is 6.32. The van der Waals surface area contributed by atoms with Crippen LogP contribution in [-0.2, 0) is 9.63 Å². The lowest BCUT2D eigenvalue weighted by Gasteiger charge is -2.48. The Labute approximate surface area is 211 Å². The van der Waals surface area contributed by atoms with E-state index < -0.39 is 17.2 Å². The minimum Gasteiger partial charge on any atom is -0.476 e. The summed E-state index contributed by atoms with van der Waals surface area (Å²) < 4.78 is 1.81. The molecule has 4 aliphatic rings. The lowest BCUT2D eigenvalue weighted by molar-refractivity contribution is -0.129. The highest BCUT2D eigenvalue weighted by Gasteiger charge is 2.47. The smallest absolute Gasteiger partial charge is 0.360 e. The van der Waals surface area contributed by atoms with Gasteiger partial charge in [0.1, 0.15) is 7.11 Å². The van der Waals surface area contributed by atoms with E-state index in [2.05, 4.69) is 15.0 Å². The molecule has 192 valence electrons. The molecule has 36 heavy (non-hydrogen) atoms. The first-order chi connectivity index (χ1) is 17.5. The molecule has 0 amide bonds. The predicted octanol–water partition coefficient (Wildman–Crippen LogP) is 4.36. The largest absolute Gasteiger partial charge is 0.476 e. The Hall–Kier alpha value is -2.74. The molecule has 6 atom stereocenters. The lowest BCUT2D eigenvalue weighted by Crippen LogP contribution is -2.52. The average molecular weight is 493 g/mol. The number of aromatic nitrogens is 2. The van der Waals surface area contributed by atoms with Gasteiger partial charge in [-0.2, -0.15) is 0 Å². The van der Waals surface area contributed by atoms with E-state index in [-0.39, 0.29) is 11.7 Å². The molecule has 2 saturated carbocycles. The minimum absolute atomic E-state index is 0.0151. The summed E-state index contributed by atoms with van der Waals surface area (Å²) in [4.78, 5) is 37.7. The SMILES string of the molecule is CO/N=C(\C(=O)O)c1nc2ccccc2n(C2C[C@H]3CC[C@@H](C2)N3C2C[C@H]3CCCC[C@@H](C2)C3)c1=O. The topological polar surface area (TPSA) is 97.0 Å². The van der Waals surface area contributed by atoms with Crippen molar-refractivity contribution in [2.45, 2.75) is 94.8 Å². The third-order valence-electron chi connectivity index (χ3n) is 9.31. The van der Waals surface area contributed by atoms with Crippen LogP contribution in [0.2, 0.25) is 0 Å². The van der Waals surface area contributed by atoms with Gasteiger partial charge in [-0.25, -0.2) is 9.78 Å². The number of para-hydroxylation sites is 2. The van der Waals surface area contributed by atoms with E-state index in [4.69, 9.17) is 4.84 Å².